The first-order chi connectivity index (χ1) is 11.8. The summed E-state index contributed by atoms with van der Waals surface area (Å²) in [6, 6.07) is -0.773. The van der Waals surface area contributed by atoms with Gasteiger partial charge in [0.1, 0.15) is 18.2 Å². The van der Waals surface area contributed by atoms with E-state index in [9.17, 15) is 18.0 Å². The summed E-state index contributed by atoms with van der Waals surface area (Å²) >= 11 is 0. The smallest absolute Gasteiger partial charge is 0.408 e. The number of alkyl carbamates (subject to hydrolysis) is 1. The van der Waals surface area contributed by atoms with Crippen LogP contribution in [0, 0.1) is 0 Å². The molecule has 0 spiro atoms. The van der Waals surface area contributed by atoms with Crippen LogP contribution in [0.4, 0.5) is 4.79 Å². The lowest BCUT2D eigenvalue weighted by atomic mass is 9.98. The molecule has 0 aromatic heterocycles. The predicted octanol–water partition coefficient (Wildman–Crippen LogP) is 1.40. The second-order valence-electron chi connectivity index (χ2n) is 6.83. The van der Waals surface area contributed by atoms with Gasteiger partial charge < -0.3 is 14.8 Å². The van der Waals surface area contributed by atoms with Crippen LogP contribution >= 0.6 is 0 Å². The van der Waals surface area contributed by atoms with Gasteiger partial charge in [0.05, 0.1) is 6.26 Å². The van der Waals surface area contributed by atoms with Gasteiger partial charge in [-0.2, -0.15) is 0 Å². The monoisotopic (exact) mass is 376 g/mol. The number of hydrogen-bond acceptors (Lipinski definition) is 6. The fourth-order valence-corrected chi connectivity index (χ4v) is 4.03. The zero-order valence-corrected chi connectivity index (χ0v) is 15.7. The molecule has 0 aromatic carbocycles. The fraction of sp³-hybridized carbons (Fsp3) is 0.875. The van der Waals surface area contributed by atoms with Crippen LogP contribution in [0.5, 0.6) is 0 Å². The molecular weight excluding hydrogens is 348 g/mol. The number of nitrogens with one attached hydrogen (secondary N) is 1. The van der Waals surface area contributed by atoms with Crippen LogP contribution in [0.2, 0.25) is 0 Å². The predicted molar refractivity (Wildman–Crippen MR) is 91.5 cm³/mol. The standard InChI is InChI=1S/C16H28N2O6S/c1-12(15(19)23-13-6-4-3-5-7-13)17-16(20)24-14-8-10-18(11-9-14)25(2,21)22/h12-14H,3-11H2,1-2H3,(H,17,20)/t12-/m0/s1. The number of carbonyl (C=O) groups excluding carboxylic acids is 2. The van der Waals surface area contributed by atoms with Crippen molar-refractivity contribution < 1.29 is 27.5 Å². The van der Waals surface area contributed by atoms with Crippen LogP contribution in [0.1, 0.15) is 51.9 Å². The van der Waals surface area contributed by atoms with Crippen molar-refractivity contribution in [3.8, 4) is 0 Å². The SMILES string of the molecule is C[C@H](NC(=O)OC1CCN(S(C)(=O)=O)CC1)C(=O)OC1CCCCC1. The van der Waals surface area contributed by atoms with Crippen LogP contribution in [-0.2, 0) is 24.3 Å². The summed E-state index contributed by atoms with van der Waals surface area (Å²) in [6.45, 7) is 2.23. The maximum atomic E-state index is 12.0. The van der Waals surface area contributed by atoms with Gasteiger partial charge in [-0.05, 0) is 45.4 Å². The molecule has 9 heteroatoms. The maximum Gasteiger partial charge on any atom is 0.408 e. The molecule has 1 saturated heterocycles. The Morgan fingerprint density at radius 2 is 1.56 bits per heavy atom. The van der Waals surface area contributed by atoms with Gasteiger partial charge >= 0.3 is 12.1 Å². The molecule has 1 saturated carbocycles. The van der Waals surface area contributed by atoms with E-state index in [0.29, 0.717) is 25.9 Å². The van der Waals surface area contributed by atoms with Gasteiger partial charge in [0.25, 0.3) is 0 Å². The number of ether oxygens (including phenoxy) is 2. The van der Waals surface area contributed by atoms with Gasteiger partial charge in [-0.1, -0.05) is 6.42 Å². The van der Waals surface area contributed by atoms with E-state index in [1.807, 2.05) is 0 Å². The molecule has 2 fully saturated rings. The molecule has 1 N–H and O–H groups in total. The van der Waals surface area contributed by atoms with Crippen molar-refractivity contribution in [3.05, 3.63) is 0 Å². The Hall–Kier alpha value is -1.35. The van der Waals surface area contributed by atoms with Gasteiger partial charge in [0, 0.05) is 13.1 Å². The Bertz CT molecular complexity index is 565. The molecule has 0 bridgehead atoms. The van der Waals surface area contributed by atoms with E-state index in [0.717, 1.165) is 25.7 Å². The number of piperidine rings is 1. The summed E-state index contributed by atoms with van der Waals surface area (Å²) in [4.78, 5) is 24.0. The Morgan fingerprint density at radius 3 is 2.12 bits per heavy atom. The zero-order chi connectivity index (χ0) is 18.4. The first kappa shape index (κ1) is 20.0. The Kier molecular flexibility index (Phi) is 7.06. The Labute approximate surface area is 149 Å². The number of hydrogen-bond donors (Lipinski definition) is 1. The van der Waals surface area contributed by atoms with E-state index in [1.165, 1.54) is 17.0 Å². The molecule has 2 rings (SSSR count). The first-order valence-electron chi connectivity index (χ1n) is 8.88. The molecule has 1 aliphatic heterocycles. The highest BCUT2D eigenvalue weighted by atomic mass is 32.2. The first-order valence-corrected chi connectivity index (χ1v) is 10.7. The second kappa shape index (κ2) is 8.84. The largest absolute Gasteiger partial charge is 0.461 e. The third-order valence-electron chi connectivity index (χ3n) is 4.67. The van der Waals surface area contributed by atoms with Crippen LogP contribution in [0.15, 0.2) is 0 Å². The van der Waals surface area contributed by atoms with E-state index >= 15 is 0 Å². The lowest BCUT2D eigenvalue weighted by Gasteiger charge is -2.30. The normalized spacial score (nSPS) is 22.2. The molecule has 1 heterocycles. The molecule has 0 aromatic rings. The number of carbonyl (C=O) groups is 2. The van der Waals surface area contributed by atoms with E-state index in [1.54, 1.807) is 6.92 Å². The number of esters is 1. The van der Waals surface area contributed by atoms with E-state index < -0.39 is 28.1 Å². The molecule has 8 nitrogen and oxygen atoms in total. The highest BCUT2D eigenvalue weighted by Gasteiger charge is 2.28. The van der Waals surface area contributed by atoms with Gasteiger partial charge in [-0.15, -0.1) is 0 Å². The average Bonchev–Trinajstić information content (AvgIpc) is 2.55. The lowest BCUT2D eigenvalue weighted by molar-refractivity contribution is -0.152. The minimum Gasteiger partial charge on any atom is -0.461 e. The summed E-state index contributed by atoms with van der Waals surface area (Å²) in [5.41, 5.74) is 0. The molecule has 1 amide bonds. The van der Waals surface area contributed by atoms with Gasteiger partial charge in [-0.25, -0.2) is 22.3 Å². The van der Waals surface area contributed by atoms with E-state index in [-0.39, 0.29) is 12.2 Å². The summed E-state index contributed by atoms with van der Waals surface area (Å²) in [7, 11) is -3.21. The number of amides is 1. The van der Waals surface area contributed by atoms with Crippen molar-refractivity contribution in [2.75, 3.05) is 19.3 Å². The number of nitrogens with zero attached hydrogens (tertiary/aromatic N) is 1. The van der Waals surface area contributed by atoms with E-state index in [2.05, 4.69) is 5.32 Å². The minimum absolute atomic E-state index is 0.0539. The summed E-state index contributed by atoms with van der Waals surface area (Å²) in [5, 5.41) is 2.49. The molecule has 2 aliphatic rings. The van der Waals surface area contributed by atoms with Crippen LogP contribution in [0.25, 0.3) is 0 Å². The zero-order valence-electron chi connectivity index (χ0n) is 14.9. The maximum absolute atomic E-state index is 12.0. The van der Waals surface area contributed by atoms with Crippen molar-refractivity contribution in [2.45, 2.75) is 70.1 Å². The fourth-order valence-electron chi connectivity index (χ4n) is 3.15. The van der Waals surface area contributed by atoms with Gasteiger partial charge in [-0.3, -0.25) is 0 Å². The molecule has 144 valence electrons. The Balaban J connectivity index is 1.70. The van der Waals surface area contributed by atoms with Crippen LogP contribution < -0.4 is 5.32 Å². The molecule has 1 aliphatic carbocycles. The highest BCUT2D eigenvalue weighted by molar-refractivity contribution is 7.88. The molecule has 0 radical (unpaired) electrons. The highest BCUT2D eigenvalue weighted by Crippen LogP contribution is 2.21. The van der Waals surface area contributed by atoms with Crippen LogP contribution in [-0.4, -0.2) is 62.4 Å². The molecular formula is C16H28N2O6S. The van der Waals surface area contributed by atoms with Gasteiger partial charge in [0.2, 0.25) is 10.0 Å². The van der Waals surface area contributed by atoms with Crippen LogP contribution in [0.3, 0.4) is 0 Å². The topological polar surface area (TPSA) is 102 Å². The summed E-state index contributed by atoms with van der Waals surface area (Å²) < 4.78 is 35.0. The third kappa shape index (κ3) is 6.47. The number of rotatable bonds is 5. The minimum atomic E-state index is -3.21. The molecule has 0 unspecified atom stereocenters. The molecule has 25 heavy (non-hydrogen) atoms. The molecule has 1 atom stereocenters. The van der Waals surface area contributed by atoms with Crippen molar-refractivity contribution in [1.29, 1.82) is 0 Å². The quantitative estimate of drug-likeness (QED) is 0.728. The second-order valence-corrected chi connectivity index (χ2v) is 8.81. The van der Waals surface area contributed by atoms with Crippen molar-refractivity contribution >= 4 is 22.1 Å². The van der Waals surface area contributed by atoms with Gasteiger partial charge in [0.15, 0.2) is 0 Å². The van der Waals surface area contributed by atoms with Crippen molar-refractivity contribution in [1.82, 2.24) is 9.62 Å². The van der Waals surface area contributed by atoms with Crippen molar-refractivity contribution in [3.63, 3.8) is 0 Å². The van der Waals surface area contributed by atoms with E-state index in [4.69, 9.17) is 9.47 Å². The lowest BCUT2D eigenvalue weighted by Crippen LogP contribution is -2.45. The van der Waals surface area contributed by atoms with Crippen molar-refractivity contribution in [2.24, 2.45) is 0 Å². The number of sulfonamides is 1. The summed E-state index contributed by atoms with van der Waals surface area (Å²) in [5.74, 6) is -0.448. The third-order valence-corrected chi connectivity index (χ3v) is 5.97. The average molecular weight is 376 g/mol. The summed E-state index contributed by atoms with van der Waals surface area (Å²) in [6.07, 6.45) is 6.04. The Morgan fingerprint density at radius 1 is 1.00 bits per heavy atom.